The summed E-state index contributed by atoms with van der Waals surface area (Å²) in [5.41, 5.74) is 0.413. The Bertz CT molecular complexity index is 1080. The molecule has 1 atom stereocenters. The first-order valence-corrected chi connectivity index (χ1v) is 12.3. The standard InChI is InChI=1S/C25H29N3O3S/c1-25(24(30)26-18-8-4-2-3-5-9-18)17-27-20(22-11-6-14-31-22)12-13-21(27)23(29)28(25)16-19-10-7-15-32-19/h6-7,10-15,18H,2-5,8-9,16-17H2,1H3,(H,26,30)/t25-/m0/s1. The Morgan fingerprint density at radius 3 is 2.59 bits per heavy atom. The maximum atomic E-state index is 13.8. The van der Waals surface area contributed by atoms with E-state index >= 15 is 0 Å². The third-order valence-electron chi connectivity index (χ3n) is 6.85. The van der Waals surface area contributed by atoms with Gasteiger partial charge < -0.3 is 19.2 Å². The monoisotopic (exact) mass is 451 g/mol. The van der Waals surface area contributed by atoms with Gasteiger partial charge >= 0.3 is 0 Å². The van der Waals surface area contributed by atoms with Crippen LogP contribution in [0.2, 0.25) is 0 Å². The van der Waals surface area contributed by atoms with Gasteiger partial charge in [-0.1, -0.05) is 31.7 Å². The van der Waals surface area contributed by atoms with Crippen LogP contribution in [0.25, 0.3) is 11.5 Å². The second-order valence-corrected chi connectivity index (χ2v) is 10.1. The van der Waals surface area contributed by atoms with Crippen molar-refractivity contribution < 1.29 is 14.0 Å². The van der Waals surface area contributed by atoms with Gasteiger partial charge in [0.25, 0.3) is 5.91 Å². The molecule has 0 saturated heterocycles. The Kier molecular flexibility index (Phi) is 5.67. The van der Waals surface area contributed by atoms with Gasteiger partial charge in [0.05, 0.1) is 25.0 Å². The summed E-state index contributed by atoms with van der Waals surface area (Å²) in [4.78, 5) is 30.3. The number of hydrogen-bond donors (Lipinski definition) is 1. The predicted molar refractivity (Wildman–Crippen MR) is 124 cm³/mol. The van der Waals surface area contributed by atoms with Crippen LogP contribution in [-0.4, -0.2) is 32.9 Å². The summed E-state index contributed by atoms with van der Waals surface area (Å²) in [5, 5.41) is 5.31. The molecule has 1 fully saturated rings. The first-order valence-electron chi connectivity index (χ1n) is 11.4. The van der Waals surface area contributed by atoms with Crippen molar-refractivity contribution >= 4 is 23.2 Å². The van der Waals surface area contributed by atoms with E-state index in [-0.39, 0.29) is 17.9 Å². The largest absolute Gasteiger partial charge is 0.463 e. The molecule has 1 saturated carbocycles. The average molecular weight is 452 g/mol. The molecule has 168 valence electrons. The van der Waals surface area contributed by atoms with Crippen LogP contribution < -0.4 is 5.32 Å². The van der Waals surface area contributed by atoms with Crippen molar-refractivity contribution in [3.8, 4) is 11.5 Å². The van der Waals surface area contributed by atoms with E-state index < -0.39 is 5.54 Å². The van der Waals surface area contributed by atoms with Crippen molar-refractivity contribution in [1.82, 2.24) is 14.8 Å². The summed E-state index contributed by atoms with van der Waals surface area (Å²) >= 11 is 1.61. The minimum Gasteiger partial charge on any atom is -0.463 e. The highest BCUT2D eigenvalue weighted by molar-refractivity contribution is 7.09. The number of carbonyl (C=O) groups is 2. The van der Waals surface area contributed by atoms with E-state index in [1.807, 2.05) is 53.3 Å². The third-order valence-corrected chi connectivity index (χ3v) is 7.72. The molecule has 4 heterocycles. The van der Waals surface area contributed by atoms with Gasteiger partial charge in [-0.25, -0.2) is 0 Å². The predicted octanol–water partition coefficient (Wildman–Crippen LogP) is 5.06. The number of rotatable bonds is 5. The first-order chi connectivity index (χ1) is 15.6. The summed E-state index contributed by atoms with van der Waals surface area (Å²) < 4.78 is 7.55. The van der Waals surface area contributed by atoms with E-state index in [2.05, 4.69) is 5.32 Å². The second-order valence-electron chi connectivity index (χ2n) is 9.07. The molecule has 2 aliphatic rings. The summed E-state index contributed by atoms with van der Waals surface area (Å²) in [6.45, 7) is 2.72. The lowest BCUT2D eigenvalue weighted by Gasteiger charge is -2.44. The maximum absolute atomic E-state index is 13.8. The topological polar surface area (TPSA) is 67.5 Å². The second kappa shape index (κ2) is 8.62. The van der Waals surface area contributed by atoms with Crippen LogP contribution in [0.1, 0.15) is 60.8 Å². The van der Waals surface area contributed by atoms with Crippen molar-refractivity contribution in [2.45, 2.75) is 70.1 Å². The molecule has 0 aromatic carbocycles. The van der Waals surface area contributed by atoms with Gasteiger partial charge in [0.2, 0.25) is 5.91 Å². The molecule has 5 rings (SSSR count). The van der Waals surface area contributed by atoms with Crippen molar-refractivity contribution in [2.24, 2.45) is 0 Å². The van der Waals surface area contributed by atoms with Crippen LogP contribution in [0, 0.1) is 0 Å². The molecule has 1 N–H and O–H groups in total. The Balaban J connectivity index is 1.51. The van der Waals surface area contributed by atoms with E-state index in [4.69, 9.17) is 4.42 Å². The van der Waals surface area contributed by atoms with Gasteiger partial charge in [-0.3, -0.25) is 9.59 Å². The van der Waals surface area contributed by atoms with Crippen LogP contribution in [0.5, 0.6) is 0 Å². The molecule has 32 heavy (non-hydrogen) atoms. The van der Waals surface area contributed by atoms with Crippen molar-refractivity contribution in [3.63, 3.8) is 0 Å². The van der Waals surface area contributed by atoms with Crippen LogP contribution in [0.15, 0.2) is 52.5 Å². The van der Waals surface area contributed by atoms with Crippen molar-refractivity contribution in [3.05, 3.63) is 58.6 Å². The Morgan fingerprint density at radius 1 is 1.12 bits per heavy atom. The highest BCUT2D eigenvalue weighted by atomic mass is 32.1. The van der Waals surface area contributed by atoms with Gasteiger partial charge in [-0.15, -0.1) is 11.3 Å². The minimum absolute atomic E-state index is 0.0703. The van der Waals surface area contributed by atoms with E-state index in [9.17, 15) is 9.59 Å². The molecule has 2 amide bonds. The highest BCUT2D eigenvalue weighted by Gasteiger charge is 2.48. The summed E-state index contributed by atoms with van der Waals surface area (Å²) in [6, 6.07) is 11.6. The van der Waals surface area contributed by atoms with E-state index in [0.29, 0.717) is 24.5 Å². The molecule has 0 bridgehead atoms. The van der Waals surface area contributed by atoms with Crippen molar-refractivity contribution in [1.29, 1.82) is 0 Å². The molecular formula is C25H29N3O3S. The van der Waals surface area contributed by atoms with Crippen LogP contribution >= 0.6 is 11.3 Å². The molecule has 1 aliphatic carbocycles. The van der Waals surface area contributed by atoms with Crippen LogP contribution in [-0.2, 0) is 17.9 Å². The normalized spacial score (nSPS) is 21.9. The highest BCUT2D eigenvalue weighted by Crippen LogP contribution is 2.35. The van der Waals surface area contributed by atoms with E-state index in [1.165, 1.54) is 12.8 Å². The molecule has 6 nitrogen and oxygen atoms in total. The third kappa shape index (κ3) is 3.79. The Labute approximate surface area is 192 Å². The minimum atomic E-state index is -0.999. The quantitative estimate of drug-likeness (QED) is 0.551. The molecule has 0 unspecified atom stereocenters. The molecule has 3 aromatic heterocycles. The number of carbonyl (C=O) groups excluding carboxylic acids is 2. The van der Waals surface area contributed by atoms with Gasteiger partial charge in [0.15, 0.2) is 0 Å². The smallest absolute Gasteiger partial charge is 0.271 e. The molecule has 0 radical (unpaired) electrons. The maximum Gasteiger partial charge on any atom is 0.271 e. The zero-order valence-corrected chi connectivity index (χ0v) is 19.2. The van der Waals surface area contributed by atoms with Gasteiger partial charge in [-0.05, 0) is 55.5 Å². The molecule has 1 aliphatic heterocycles. The SMILES string of the molecule is C[C@@]1(C(=O)NC2CCCCCC2)Cn2c(ccc2-c2ccco2)C(=O)N1Cc1cccs1. The number of thiophene rings is 1. The fraction of sp³-hybridized carbons (Fsp3) is 0.440. The summed E-state index contributed by atoms with van der Waals surface area (Å²) in [6.07, 6.45) is 8.38. The molecule has 3 aromatic rings. The fourth-order valence-electron chi connectivity index (χ4n) is 4.98. The van der Waals surface area contributed by atoms with Gasteiger partial charge in [-0.2, -0.15) is 0 Å². The zero-order valence-electron chi connectivity index (χ0n) is 18.4. The van der Waals surface area contributed by atoms with Gasteiger partial charge in [0, 0.05) is 10.9 Å². The molecular weight excluding hydrogens is 422 g/mol. The number of amides is 2. The van der Waals surface area contributed by atoms with Crippen molar-refractivity contribution in [2.75, 3.05) is 0 Å². The number of nitrogens with one attached hydrogen (secondary N) is 1. The number of hydrogen-bond acceptors (Lipinski definition) is 4. The lowest BCUT2D eigenvalue weighted by molar-refractivity contribution is -0.134. The number of fused-ring (bicyclic) bond motifs is 1. The lowest BCUT2D eigenvalue weighted by atomic mass is 9.93. The number of aromatic nitrogens is 1. The lowest BCUT2D eigenvalue weighted by Crippen LogP contribution is -2.64. The Morgan fingerprint density at radius 2 is 1.91 bits per heavy atom. The first kappa shape index (κ1) is 21.1. The fourth-order valence-corrected chi connectivity index (χ4v) is 5.68. The summed E-state index contributed by atoms with van der Waals surface area (Å²) in [5.74, 6) is 0.502. The van der Waals surface area contributed by atoms with E-state index in [1.54, 1.807) is 22.5 Å². The summed E-state index contributed by atoms with van der Waals surface area (Å²) in [7, 11) is 0. The molecule has 0 spiro atoms. The van der Waals surface area contributed by atoms with Gasteiger partial charge in [0.1, 0.15) is 17.0 Å². The zero-order chi connectivity index (χ0) is 22.1. The van der Waals surface area contributed by atoms with Crippen LogP contribution in [0.3, 0.4) is 0 Å². The average Bonchev–Trinajstić information content (AvgIpc) is 3.52. The van der Waals surface area contributed by atoms with E-state index in [0.717, 1.165) is 36.3 Å². The number of furan rings is 1. The number of nitrogens with zero attached hydrogens (tertiary/aromatic N) is 2. The Hall–Kier alpha value is -2.80. The molecule has 7 heteroatoms. The van der Waals surface area contributed by atoms with Crippen LogP contribution in [0.4, 0.5) is 0 Å².